The molecular weight excluding hydrogens is 540 g/mol. The Morgan fingerprint density at radius 2 is 1.67 bits per heavy atom. The molecule has 0 saturated carbocycles. The topological polar surface area (TPSA) is 128 Å². The molecule has 0 fully saturated rings. The number of benzene rings is 2. The van der Waals surface area contributed by atoms with E-state index in [0.29, 0.717) is 21.8 Å². The lowest BCUT2D eigenvalue weighted by atomic mass is 9.95. The molecule has 3 aromatic rings. The molecule has 1 aliphatic rings. The molecular formula is C28H30N2O7S2. The smallest absolute Gasteiger partial charge is 0.341 e. The van der Waals surface area contributed by atoms with Gasteiger partial charge in [-0.1, -0.05) is 23.8 Å². The van der Waals surface area contributed by atoms with Gasteiger partial charge in [0.2, 0.25) is 0 Å². The summed E-state index contributed by atoms with van der Waals surface area (Å²) in [5.74, 6) is -1.96. The molecule has 39 heavy (non-hydrogen) atoms. The zero-order chi connectivity index (χ0) is 28.2. The number of hydrogen-bond donors (Lipinski definition) is 2. The average Bonchev–Trinajstić information content (AvgIpc) is 3.26. The number of sulfonamides is 1. The maximum Gasteiger partial charge on any atom is 0.341 e. The van der Waals surface area contributed by atoms with Crippen LogP contribution in [0.15, 0.2) is 47.4 Å². The highest BCUT2D eigenvalue weighted by Crippen LogP contribution is 2.38. The molecule has 0 atom stereocenters. The second kappa shape index (κ2) is 12.0. The zero-order valence-corrected chi connectivity index (χ0v) is 23.6. The normalized spacial score (nSPS) is 12.8. The van der Waals surface area contributed by atoms with Gasteiger partial charge in [-0.25, -0.2) is 18.0 Å². The monoisotopic (exact) mass is 570 g/mol. The summed E-state index contributed by atoms with van der Waals surface area (Å²) in [5, 5.41) is 3.07. The molecule has 4 rings (SSSR count). The highest BCUT2D eigenvalue weighted by molar-refractivity contribution is 7.92. The maximum absolute atomic E-state index is 13.0. The number of anilines is 2. The average molecular weight is 571 g/mol. The largest absolute Gasteiger partial charge is 0.462 e. The van der Waals surface area contributed by atoms with Crippen LogP contribution >= 0.6 is 11.3 Å². The first-order chi connectivity index (χ1) is 18.6. The van der Waals surface area contributed by atoms with Crippen molar-refractivity contribution in [2.75, 3.05) is 23.3 Å². The number of ether oxygens (including phenoxy) is 2. The van der Waals surface area contributed by atoms with Gasteiger partial charge in [-0.15, -0.1) is 11.3 Å². The third kappa shape index (κ3) is 6.66. The van der Waals surface area contributed by atoms with Crippen molar-refractivity contribution in [3.63, 3.8) is 0 Å². The molecule has 0 radical (unpaired) electrons. The lowest BCUT2D eigenvalue weighted by Crippen LogP contribution is -2.22. The van der Waals surface area contributed by atoms with E-state index >= 15 is 0 Å². The summed E-state index contributed by atoms with van der Waals surface area (Å²) in [6.45, 7) is 4.83. The fraction of sp³-hybridized carbons (Fsp3) is 0.321. The van der Waals surface area contributed by atoms with E-state index in [1.807, 2.05) is 6.92 Å². The van der Waals surface area contributed by atoms with Crippen LogP contribution in [0.5, 0.6) is 0 Å². The molecule has 0 aliphatic heterocycles. The van der Waals surface area contributed by atoms with E-state index < -0.39 is 34.5 Å². The van der Waals surface area contributed by atoms with Crippen molar-refractivity contribution < 1.29 is 32.3 Å². The highest BCUT2D eigenvalue weighted by atomic mass is 32.2. The number of hydrogen-bond acceptors (Lipinski definition) is 8. The SMILES string of the molecule is CCOC(=O)c1c(NC(=O)COC(=O)c2ccc(C)c(S(=O)(=O)Nc3ccc(C)cc3)c2)sc2c1CCCC2. The van der Waals surface area contributed by atoms with E-state index in [9.17, 15) is 22.8 Å². The number of amides is 1. The Kier molecular flexibility index (Phi) is 8.71. The van der Waals surface area contributed by atoms with Gasteiger partial charge in [0.1, 0.15) is 5.00 Å². The van der Waals surface area contributed by atoms with Crippen molar-refractivity contribution in [2.45, 2.75) is 51.3 Å². The van der Waals surface area contributed by atoms with E-state index in [0.717, 1.165) is 41.7 Å². The first kappa shape index (κ1) is 28.3. The molecule has 1 aromatic heterocycles. The molecule has 206 valence electrons. The highest BCUT2D eigenvalue weighted by Gasteiger charge is 2.27. The Hall–Kier alpha value is -3.70. The van der Waals surface area contributed by atoms with E-state index in [-0.39, 0.29) is 17.1 Å². The summed E-state index contributed by atoms with van der Waals surface area (Å²) < 4.78 is 38.9. The molecule has 1 heterocycles. The maximum atomic E-state index is 13.0. The number of carbonyl (C=O) groups is 3. The van der Waals surface area contributed by atoms with E-state index in [4.69, 9.17) is 9.47 Å². The van der Waals surface area contributed by atoms with E-state index in [1.165, 1.54) is 29.5 Å². The van der Waals surface area contributed by atoms with Gasteiger partial charge in [0.05, 0.1) is 22.6 Å². The fourth-order valence-electron chi connectivity index (χ4n) is 4.30. The molecule has 11 heteroatoms. The summed E-state index contributed by atoms with van der Waals surface area (Å²) >= 11 is 1.34. The van der Waals surface area contributed by atoms with Crippen LogP contribution in [-0.4, -0.2) is 39.5 Å². The van der Waals surface area contributed by atoms with Crippen LogP contribution in [0.3, 0.4) is 0 Å². The summed E-state index contributed by atoms with van der Waals surface area (Å²) in [7, 11) is -3.98. The lowest BCUT2D eigenvalue weighted by molar-refractivity contribution is -0.119. The van der Waals surface area contributed by atoms with Gasteiger partial charge >= 0.3 is 11.9 Å². The number of carbonyl (C=O) groups excluding carboxylic acids is 3. The lowest BCUT2D eigenvalue weighted by Gasteiger charge is -2.13. The second-order valence-corrected chi connectivity index (χ2v) is 12.0. The third-order valence-electron chi connectivity index (χ3n) is 6.26. The fourth-order valence-corrected chi connectivity index (χ4v) is 6.92. The van der Waals surface area contributed by atoms with Gasteiger partial charge < -0.3 is 14.8 Å². The Labute approximate surface area is 231 Å². The van der Waals surface area contributed by atoms with Gasteiger partial charge in [-0.05, 0) is 81.8 Å². The summed E-state index contributed by atoms with van der Waals surface area (Å²) in [6.07, 6.45) is 3.53. The van der Waals surface area contributed by atoms with Crippen molar-refractivity contribution in [3.8, 4) is 0 Å². The van der Waals surface area contributed by atoms with Gasteiger partial charge in [-0.2, -0.15) is 0 Å². The summed E-state index contributed by atoms with van der Waals surface area (Å²) in [5.41, 5.74) is 3.07. The van der Waals surface area contributed by atoms with Crippen LogP contribution in [-0.2, 0) is 37.1 Å². The molecule has 0 saturated heterocycles. The van der Waals surface area contributed by atoms with Crippen molar-refractivity contribution in [1.29, 1.82) is 0 Å². The zero-order valence-electron chi connectivity index (χ0n) is 22.0. The Balaban J connectivity index is 1.45. The van der Waals surface area contributed by atoms with Crippen LogP contribution in [0, 0.1) is 13.8 Å². The van der Waals surface area contributed by atoms with Crippen LogP contribution in [0.25, 0.3) is 0 Å². The standard InChI is InChI=1S/C28H30N2O7S2/c1-4-36-28(33)25-21-7-5-6-8-22(21)38-26(25)29-24(31)16-37-27(32)19-12-11-18(3)23(15-19)39(34,35)30-20-13-9-17(2)10-14-20/h9-15,30H,4-8,16H2,1-3H3,(H,29,31). The Morgan fingerprint density at radius 3 is 2.38 bits per heavy atom. The minimum absolute atomic E-state index is 0.0171. The molecule has 2 aromatic carbocycles. The van der Waals surface area contributed by atoms with Crippen LogP contribution in [0.4, 0.5) is 10.7 Å². The first-order valence-electron chi connectivity index (χ1n) is 12.6. The number of nitrogens with one attached hydrogen (secondary N) is 2. The second-order valence-electron chi connectivity index (χ2n) is 9.21. The molecule has 2 N–H and O–H groups in total. The number of fused-ring (bicyclic) bond motifs is 1. The molecule has 0 unspecified atom stereocenters. The predicted octanol–water partition coefficient (Wildman–Crippen LogP) is 5.02. The van der Waals surface area contributed by atoms with Gasteiger partial charge in [0, 0.05) is 10.6 Å². The minimum atomic E-state index is -3.98. The number of rotatable bonds is 9. The predicted molar refractivity (Wildman–Crippen MR) is 149 cm³/mol. The first-order valence-corrected chi connectivity index (χ1v) is 14.9. The Bertz CT molecular complexity index is 1510. The molecule has 0 bridgehead atoms. The third-order valence-corrected chi connectivity index (χ3v) is 8.99. The Morgan fingerprint density at radius 1 is 0.949 bits per heavy atom. The van der Waals surface area contributed by atoms with Gasteiger partial charge in [-0.3, -0.25) is 9.52 Å². The van der Waals surface area contributed by atoms with Crippen molar-refractivity contribution >= 4 is 49.9 Å². The minimum Gasteiger partial charge on any atom is -0.462 e. The van der Waals surface area contributed by atoms with Crippen LogP contribution in [0.1, 0.15) is 62.0 Å². The summed E-state index contributed by atoms with van der Waals surface area (Å²) in [4.78, 5) is 38.9. The molecule has 0 spiro atoms. The van der Waals surface area contributed by atoms with E-state index in [1.54, 1.807) is 38.1 Å². The summed E-state index contributed by atoms with van der Waals surface area (Å²) in [6, 6.07) is 11.0. The van der Waals surface area contributed by atoms with Crippen molar-refractivity contribution in [3.05, 3.63) is 75.2 Å². The number of aryl methyl sites for hydroxylation is 3. The van der Waals surface area contributed by atoms with Crippen LogP contribution in [0.2, 0.25) is 0 Å². The number of esters is 2. The van der Waals surface area contributed by atoms with E-state index in [2.05, 4.69) is 10.0 Å². The van der Waals surface area contributed by atoms with Crippen molar-refractivity contribution in [2.24, 2.45) is 0 Å². The van der Waals surface area contributed by atoms with Crippen molar-refractivity contribution in [1.82, 2.24) is 0 Å². The van der Waals surface area contributed by atoms with Gasteiger partial charge in [0.15, 0.2) is 6.61 Å². The quantitative estimate of drug-likeness (QED) is 0.346. The number of thiophene rings is 1. The van der Waals surface area contributed by atoms with Crippen LogP contribution < -0.4 is 10.0 Å². The molecule has 9 nitrogen and oxygen atoms in total. The molecule has 1 amide bonds. The van der Waals surface area contributed by atoms with Gasteiger partial charge in [0.25, 0.3) is 15.9 Å². The molecule has 1 aliphatic carbocycles.